The van der Waals surface area contributed by atoms with Gasteiger partial charge in [-0.05, 0) is 20.9 Å². The minimum absolute atomic E-state index is 0.172. The van der Waals surface area contributed by atoms with Crippen LogP contribution in [-0.4, -0.2) is 38.6 Å². The van der Waals surface area contributed by atoms with Gasteiger partial charge in [-0.25, -0.2) is 4.98 Å². The van der Waals surface area contributed by atoms with Gasteiger partial charge in [0.2, 0.25) is 11.8 Å². The molecule has 8 heteroatoms. The molecule has 1 N–H and O–H groups in total. The first kappa shape index (κ1) is 15.5. The third kappa shape index (κ3) is 3.62. The Morgan fingerprint density at radius 1 is 1.62 bits per heavy atom. The monoisotopic (exact) mass is 311 g/mol. The van der Waals surface area contributed by atoms with Gasteiger partial charge in [0.15, 0.2) is 0 Å². The molecule has 2 aromatic rings. The summed E-state index contributed by atoms with van der Waals surface area (Å²) in [5.41, 5.74) is 0.717. The average molecular weight is 312 g/mol. The fourth-order valence-electron chi connectivity index (χ4n) is 1.78. The molecule has 1 atom stereocenters. The molecule has 1 amide bonds. The second kappa shape index (κ2) is 6.28. The third-order valence-electron chi connectivity index (χ3n) is 3.33. The first-order chi connectivity index (χ1) is 9.88. The number of rotatable bonds is 5. The lowest BCUT2D eigenvalue weighted by Gasteiger charge is -2.22. The first-order valence-corrected chi connectivity index (χ1v) is 6.86. The molecule has 1 unspecified atom stereocenters. The van der Waals surface area contributed by atoms with Crippen molar-refractivity contribution in [1.29, 1.82) is 0 Å². The maximum atomic E-state index is 12.1. The molecular formula is C13H18ClN5O2. The Bertz CT molecular complexity index is 636. The van der Waals surface area contributed by atoms with Crippen molar-refractivity contribution in [3.8, 4) is 0 Å². The van der Waals surface area contributed by atoms with Gasteiger partial charge in [-0.2, -0.15) is 0 Å². The van der Waals surface area contributed by atoms with Crippen LogP contribution >= 0.6 is 11.6 Å². The van der Waals surface area contributed by atoms with Crippen molar-refractivity contribution in [2.75, 3.05) is 12.4 Å². The van der Waals surface area contributed by atoms with Gasteiger partial charge in [-0.15, -0.1) is 0 Å². The number of hydrogen-bond acceptors (Lipinski definition) is 5. The van der Waals surface area contributed by atoms with E-state index in [4.69, 9.17) is 16.1 Å². The van der Waals surface area contributed by atoms with E-state index in [1.807, 2.05) is 25.9 Å². The lowest BCUT2D eigenvalue weighted by atomic mass is 10.2. The molecule has 0 aromatic carbocycles. The van der Waals surface area contributed by atoms with Crippen LogP contribution in [0.5, 0.6) is 0 Å². The lowest BCUT2D eigenvalue weighted by molar-refractivity contribution is -0.120. The number of likely N-dealkylation sites (N-methyl/N-ethyl adjacent to an activating group) is 1. The Morgan fingerprint density at radius 2 is 2.33 bits per heavy atom. The third-order valence-corrected chi connectivity index (χ3v) is 3.68. The molecule has 0 saturated carbocycles. The van der Waals surface area contributed by atoms with Crippen LogP contribution in [0.15, 0.2) is 16.8 Å². The van der Waals surface area contributed by atoms with Crippen molar-refractivity contribution < 1.29 is 9.32 Å². The summed E-state index contributed by atoms with van der Waals surface area (Å²) in [4.78, 5) is 18.2. The predicted molar refractivity (Wildman–Crippen MR) is 79.0 cm³/mol. The summed E-state index contributed by atoms with van der Waals surface area (Å²) in [5.74, 6) is 0.962. The predicted octanol–water partition coefficient (Wildman–Crippen LogP) is 1.83. The molecule has 0 spiro atoms. The number of anilines is 1. The van der Waals surface area contributed by atoms with E-state index in [0.717, 1.165) is 5.82 Å². The van der Waals surface area contributed by atoms with Gasteiger partial charge in [0, 0.05) is 13.1 Å². The highest BCUT2D eigenvalue weighted by Crippen LogP contribution is 2.13. The van der Waals surface area contributed by atoms with Gasteiger partial charge in [-0.3, -0.25) is 15.0 Å². The molecule has 114 valence electrons. The SMILES string of the molecule is Cc1cc(NC(=O)C(C)N(C)Cc2ncc(Cl)n2C)on1. The van der Waals surface area contributed by atoms with Crippen LogP contribution in [-0.2, 0) is 18.4 Å². The Balaban J connectivity index is 1.96. The number of nitrogens with one attached hydrogen (secondary N) is 1. The Kier molecular flexibility index (Phi) is 4.64. The van der Waals surface area contributed by atoms with Crippen LogP contribution < -0.4 is 5.32 Å². The number of amides is 1. The summed E-state index contributed by atoms with van der Waals surface area (Å²) in [6.45, 7) is 4.11. The van der Waals surface area contributed by atoms with Crippen LogP contribution in [0.25, 0.3) is 0 Å². The summed E-state index contributed by atoms with van der Waals surface area (Å²) < 4.78 is 6.75. The molecule has 0 saturated heterocycles. The second-order valence-corrected chi connectivity index (χ2v) is 5.36. The van der Waals surface area contributed by atoms with E-state index < -0.39 is 0 Å². The van der Waals surface area contributed by atoms with Crippen molar-refractivity contribution >= 4 is 23.4 Å². The number of halogens is 1. The van der Waals surface area contributed by atoms with Crippen molar-refractivity contribution in [2.24, 2.45) is 7.05 Å². The van der Waals surface area contributed by atoms with Crippen LogP contribution in [0.4, 0.5) is 5.88 Å². The van der Waals surface area contributed by atoms with Crippen molar-refractivity contribution in [3.63, 3.8) is 0 Å². The molecule has 21 heavy (non-hydrogen) atoms. The molecule has 0 bridgehead atoms. The number of aromatic nitrogens is 3. The molecule has 7 nitrogen and oxygen atoms in total. The van der Waals surface area contributed by atoms with Gasteiger partial charge in [0.1, 0.15) is 11.0 Å². The van der Waals surface area contributed by atoms with E-state index in [2.05, 4.69) is 15.5 Å². The summed E-state index contributed by atoms with van der Waals surface area (Å²) in [5, 5.41) is 6.97. The van der Waals surface area contributed by atoms with Crippen molar-refractivity contribution in [1.82, 2.24) is 19.6 Å². The molecular weight excluding hydrogens is 294 g/mol. The van der Waals surface area contributed by atoms with Gasteiger partial charge in [0.05, 0.1) is 24.5 Å². The Hall–Kier alpha value is -1.86. The zero-order valence-corrected chi connectivity index (χ0v) is 13.2. The van der Waals surface area contributed by atoms with Crippen molar-refractivity contribution in [3.05, 3.63) is 28.9 Å². The average Bonchev–Trinajstić information content (AvgIpc) is 2.98. The number of carbonyl (C=O) groups is 1. The van der Waals surface area contributed by atoms with Crippen LogP contribution in [0.1, 0.15) is 18.4 Å². The summed E-state index contributed by atoms with van der Waals surface area (Å²) >= 11 is 5.95. The first-order valence-electron chi connectivity index (χ1n) is 6.49. The number of imidazole rings is 1. The fraction of sp³-hybridized carbons (Fsp3) is 0.462. The Labute approximate surface area is 127 Å². The second-order valence-electron chi connectivity index (χ2n) is 4.97. The summed E-state index contributed by atoms with van der Waals surface area (Å²) in [6.07, 6.45) is 1.59. The van der Waals surface area contributed by atoms with E-state index in [1.165, 1.54) is 0 Å². The number of carbonyl (C=O) groups excluding carboxylic acids is 1. The quantitative estimate of drug-likeness (QED) is 0.911. The zero-order valence-electron chi connectivity index (χ0n) is 12.4. The molecule has 2 rings (SSSR count). The molecule has 0 aliphatic carbocycles. The molecule has 0 aliphatic rings. The van der Waals surface area contributed by atoms with Gasteiger partial charge in [-0.1, -0.05) is 16.8 Å². The number of nitrogens with zero attached hydrogens (tertiary/aromatic N) is 4. The van der Waals surface area contributed by atoms with E-state index in [9.17, 15) is 4.79 Å². The highest BCUT2D eigenvalue weighted by Gasteiger charge is 2.21. The highest BCUT2D eigenvalue weighted by molar-refractivity contribution is 6.29. The van der Waals surface area contributed by atoms with Crippen molar-refractivity contribution in [2.45, 2.75) is 26.4 Å². The zero-order chi connectivity index (χ0) is 15.6. The fourth-order valence-corrected chi connectivity index (χ4v) is 1.93. The largest absolute Gasteiger partial charge is 0.338 e. The van der Waals surface area contributed by atoms with E-state index in [1.54, 1.807) is 23.8 Å². The standard InChI is InChI=1S/C13H18ClN5O2/c1-8-5-12(21-17-8)16-13(20)9(2)18(3)7-11-15-6-10(14)19(11)4/h5-6,9H,7H2,1-4H3,(H,16,20). The summed E-state index contributed by atoms with van der Waals surface area (Å²) in [6, 6.07) is 1.31. The van der Waals surface area contributed by atoms with E-state index in [0.29, 0.717) is 23.3 Å². The lowest BCUT2D eigenvalue weighted by Crippen LogP contribution is -2.39. The van der Waals surface area contributed by atoms with Crippen LogP contribution in [0, 0.1) is 6.92 Å². The van der Waals surface area contributed by atoms with Gasteiger partial charge in [0.25, 0.3) is 0 Å². The van der Waals surface area contributed by atoms with E-state index >= 15 is 0 Å². The normalized spacial score (nSPS) is 12.7. The smallest absolute Gasteiger partial charge is 0.243 e. The molecule has 0 aliphatic heterocycles. The summed E-state index contributed by atoms with van der Waals surface area (Å²) in [7, 11) is 3.68. The molecule has 2 aromatic heterocycles. The van der Waals surface area contributed by atoms with Gasteiger partial charge >= 0.3 is 0 Å². The number of aryl methyl sites for hydroxylation is 1. The number of hydrogen-bond donors (Lipinski definition) is 1. The minimum Gasteiger partial charge on any atom is -0.338 e. The van der Waals surface area contributed by atoms with Crippen LogP contribution in [0.2, 0.25) is 5.15 Å². The van der Waals surface area contributed by atoms with E-state index in [-0.39, 0.29) is 11.9 Å². The molecule has 0 fully saturated rings. The Morgan fingerprint density at radius 3 is 2.86 bits per heavy atom. The van der Waals surface area contributed by atoms with Gasteiger partial charge < -0.3 is 9.09 Å². The highest BCUT2D eigenvalue weighted by atomic mass is 35.5. The maximum absolute atomic E-state index is 12.1. The molecule has 2 heterocycles. The molecule has 0 radical (unpaired) electrons. The maximum Gasteiger partial charge on any atom is 0.243 e. The topological polar surface area (TPSA) is 76.2 Å². The van der Waals surface area contributed by atoms with Crippen LogP contribution in [0.3, 0.4) is 0 Å². The minimum atomic E-state index is -0.356.